The molecule has 1 aromatic rings. The highest BCUT2D eigenvalue weighted by Crippen LogP contribution is 2.29. The first-order chi connectivity index (χ1) is 10.7. The minimum atomic E-state index is -0.307. The van der Waals surface area contributed by atoms with Crippen molar-refractivity contribution in [2.24, 2.45) is 5.92 Å². The lowest BCUT2D eigenvalue weighted by Gasteiger charge is -2.27. The molecule has 0 radical (unpaired) electrons. The van der Waals surface area contributed by atoms with Crippen molar-refractivity contribution in [1.29, 1.82) is 0 Å². The minimum Gasteiger partial charge on any atom is -0.469 e. The Bertz CT molecular complexity index is 573. The number of carbonyl (C=O) groups excluding carboxylic acids is 2. The average Bonchev–Trinajstić information content (AvgIpc) is 3.04. The van der Waals surface area contributed by atoms with Crippen LogP contribution < -0.4 is 10.6 Å². The summed E-state index contributed by atoms with van der Waals surface area (Å²) in [7, 11) is 1.38. The molecule has 1 amide bonds. The van der Waals surface area contributed by atoms with Crippen molar-refractivity contribution < 1.29 is 14.3 Å². The lowest BCUT2D eigenvalue weighted by molar-refractivity contribution is -0.144. The van der Waals surface area contributed by atoms with E-state index in [0.717, 1.165) is 19.3 Å². The minimum absolute atomic E-state index is 0.0203. The molecule has 0 spiro atoms. The number of esters is 1. The molecule has 1 heterocycles. The van der Waals surface area contributed by atoms with Crippen molar-refractivity contribution >= 4 is 11.9 Å². The van der Waals surface area contributed by atoms with Gasteiger partial charge in [-0.1, -0.05) is 24.3 Å². The monoisotopic (exact) mass is 302 g/mol. The van der Waals surface area contributed by atoms with Crippen molar-refractivity contribution in [3.63, 3.8) is 0 Å². The summed E-state index contributed by atoms with van der Waals surface area (Å²) in [5, 5.41) is 6.26. The second kappa shape index (κ2) is 6.48. The number of rotatable bonds is 3. The highest BCUT2D eigenvalue weighted by atomic mass is 16.5. The first kappa shape index (κ1) is 15.0. The van der Waals surface area contributed by atoms with E-state index in [-0.39, 0.29) is 29.9 Å². The van der Waals surface area contributed by atoms with Crippen molar-refractivity contribution in [3.8, 4) is 0 Å². The van der Waals surface area contributed by atoms with Crippen molar-refractivity contribution in [1.82, 2.24) is 10.6 Å². The SMILES string of the molecule is COC(=O)[C@@H]1CN[C@H](C(=O)NC2CCCc3ccccc32)C1. The molecule has 3 atom stereocenters. The van der Waals surface area contributed by atoms with Gasteiger partial charge in [0.1, 0.15) is 0 Å². The van der Waals surface area contributed by atoms with Crippen molar-refractivity contribution in [2.75, 3.05) is 13.7 Å². The third-order valence-electron chi connectivity index (χ3n) is 4.67. The third-order valence-corrected chi connectivity index (χ3v) is 4.67. The van der Waals surface area contributed by atoms with E-state index in [1.807, 2.05) is 12.1 Å². The number of fused-ring (bicyclic) bond motifs is 1. The number of carbonyl (C=O) groups is 2. The molecule has 0 saturated carbocycles. The van der Waals surface area contributed by atoms with Crippen molar-refractivity contribution in [3.05, 3.63) is 35.4 Å². The molecular weight excluding hydrogens is 280 g/mol. The van der Waals surface area contributed by atoms with E-state index in [1.165, 1.54) is 18.2 Å². The van der Waals surface area contributed by atoms with E-state index in [9.17, 15) is 9.59 Å². The molecule has 22 heavy (non-hydrogen) atoms. The van der Waals surface area contributed by atoms with Crippen LogP contribution in [-0.2, 0) is 20.7 Å². The van der Waals surface area contributed by atoms with Crippen LogP contribution in [0.25, 0.3) is 0 Å². The van der Waals surface area contributed by atoms with E-state index in [4.69, 9.17) is 4.74 Å². The van der Waals surface area contributed by atoms with Gasteiger partial charge in [-0.3, -0.25) is 9.59 Å². The molecule has 118 valence electrons. The van der Waals surface area contributed by atoms with Gasteiger partial charge in [0, 0.05) is 6.54 Å². The number of nitrogens with one attached hydrogen (secondary N) is 2. The number of hydrogen-bond acceptors (Lipinski definition) is 4. The first-order valence-corrected chi connectivity index (χ1v) is 7.88. The summed E-state index contributed by atoms with van der Waals surface area (Å²) in [5.41, 5.74) is 2.55. The van der Waals surface area contributed by atoms with Crippen LogP contribution in [0.2, 0.25) is 0 Å². The second-order valence-electron chi connectivity index (χ2n) is 6.07. The van der Waals surface area contributed by atoms with Gasteiger partial charge in [0.25, 0.3) is 0 Å². The predicted octanol–water partition coefficient (Wildman–Crippen LogP) is 1.33. The summed E-state index contributed by atoms with van der Waals surface area (Å²) in [4.78, 5) is 24.0. The quantitative estimate of drug-likeness (QED) is 0.827. The molecule has 2 aliphatic rings. The van der Waals surface area contributed by atoms with Gasteiger partial charge >= 0.3 is 5.97 Å². The van der Waals surface area contributed by atoms with Crippen LogP contribution in [-0.4, -0.2) is 31.6 Å². The van der Waals surface area contributed by atoms with Gasteiger partial charge in [-0.15, -0.1) is 0 Å². The van der Waals surface area contributed by atoms with E-state index >= 15 is 0 Å². The zero-order valence-corrected chi connectivity index (χ0v) is 12.8. The van der Waals surface area contributed by atoms with Gasteiger partial charge in [-0.05, 0) is 36.8 Å². The summed E-state index contributed by atoms with van der Waals surface area (Å²) >= 11 is 0. The predicted molar refractivity (Wildman–Crippen MR) is 82.2 cm³/mol. The zero-order chi connectivity index (χ0) is 15.5. The Balaban J connectivity index is 1.63. The summed E-state index contributed by atoms with van der Waals surface area (Å²) in [6, 6.07) is 8.06. The highest BCUT2D eigenvalue weighted by molar-refractivity contribution is 5.84. The van der Waals surface area contributed by atoms with Gasteiger partial charge in [-0.25, -0.2) is 0 Å². The number of hydrogen-bond donors (Lipinski definition) is 2. The van der Waals surface area contributed by atoms with E-state index in [1.54, 1.807) is 0 Å². The molecule has 1 aromatic carbocycles. The van der Waals surface area contributed by atoms with Crippen LogP contribution in [0.3, 0.4) is 0 Å². The molecule has 2 N–H and O–H groups in total. The Morgan fingerprint density at radius 3 is 2.95 bits per heavy atom. The van der Waals surface area contributed by atoms with Gasteiger partial charge < -0.3 is 15.4 Å². The second-order valence-corrected chi connectivity index (χ2v) is 6.07. The van der Waals surface area contributed by atoms with E-state index in [0.29, 0.717) is 13.0 Å². The van der Waals surface area contributed by atoms with Crippen LogP contribution in [0, 0.1) is 5.92 Å². The number of methoxy groups -OCH3 is 1. The number of benzene rings is 1. The van der Waals surface area contributed by atoms with Crippen molar-refractivity contribution in [2.45, 2.75) is 37.8 Å². The Hall–Kier alpha value is -1.88. The summed E-state index contributed by atoms with van der Waals surface area (Å²) in [6.07, 6.45) is 3.64. The van der Waals surface area contributed by atoms with Crippen LogP contribution in [0.15, 0.2) is 24.3 Å². The molecule has 5 nitrogen and oxygen atoms in total. The maximum atomic E-state index is 12.5. The fraction of sp³-hybridized carbons (Fsp3) is 0.529. The number of aryl methyl sites for hydroxylation is 1. The Labute approximate surface area is 130 Å². The molecule has 5 heteroatoms. The maximum absolute atomic E-state index is 12.5. The van der Waals surface area contributed by atoms with Gasteiger partial charge in [0.15, 0.2) is 0 Å². The summed E-state index contributed by atoms with van der Waals surface area (Å²) in [5.74, 6) is -0.488. The third kappa shape index (κ3) is 2.99. The lowest BCUT2D eigenvalue weighted by Crippen LogP contribution is -2.42. The van der Waals surface area contributed by atoms with Crippen LogP contribution in [0.5, 0.6) is 0 Å². The average molecular weight is 302 g/mol. The largest absolute Gasteiger partial charge is 0.469 e. The molecule has 0 bridgehead atoms. The molecule has 3 rings (SSSR count). The van der Waals surface area contributed by atoms with Gasteiger partial charge in [0.05, 0.1) is 25.1 Å². The van der Waals surface area contributed by atoms with Crippen LogP contribution in [0.1, 0.15) is 36.4 Å². The lowest BCUT2D eigenvalue weighted by atomic mass is 9.87. The Morgan fingerprint density at radius 1 is 1.32 bits per heavy atom. The van der Waals surface area contributed by atoms with E-state index < -0.39 is 0 Å². The van der Waals surface area contributed by atoms with Crippen LogP contribution in [0.4, 0.5) is 0 Å². The highest BCUT2D eigenvalue weighted by Gasteiger charge is 2.35. The molecule has 0 aromatic heterocycles. The molecular formula is C17H22N2O3. The standard InChI is InChI=1S/C17H22N2O3/c1-22-17(21)12-9-15(18-10-12)16(20)19-14-8-4-6-11-5-2-3-7-13(11)14/h2-3,5,7,12,14-15,18H,4,6,8-10H2,1H3,(H,19,20)/t12-,14?,15-/m0/s1. The Morgan fingerprint density at radius 2 is 2.14 bits per heavy atom. The fourth-order valence-corrected chi connectivity index (χ4v) is 3.46. The molecule has 1 aliphatic carbocycles. The zero-order valence-electron chi connectivity index (χ0n) is 12.8. The smallest absolute Gasteiger partial charge is 0.310 e. The fourth-order valence-electron chi connectivity index (χ4n) is 3.46. The first-order valence-electron chi connectivity index (χ1n) is 7.88. The number of ether oxygens (including phenoxy) is 1. The topological polar surface area (TPSA) is 67.4 Å². The summed E-state index contributed by atoms with van der Waals surface area (Å²) < 4.78 is 4.75. The molecule has 1 aliphatic heterocycles. The summed E-state index contributed by atoms with van der Waals surface area (Å²) in [6.45, 7) is 0.506. The molecule has 1 saturated heterocycles. The van der Waals surface area contributed by atoms with E-state index in [2.05, 4.69) is 22.8 Å². The Kier molecular flexibility index (Phi) is 4.43. The van der Waals surface area contributed by atoms with Crippen LogP contribution >= 0.6 is 0 Å². The maximum Gasteiger partial charge on any atom is 0.310 e. The normalized spacial score (nSPS) is 27.0. The van der Waals surface area contributed by atoms with Gasteiger partial charge in [-0.2, -0.15) is 0 Å². The molecule has 1 fully saturated rings. The number of amides is 1. The molecule has 1 unspecified atom stereocenters. The van der Waals surface area contributed by atoms with Gasteiger partial charge in [0.2, 0.25) is 5.91 Å².